The number of carbonyl (C=O) groups is 8. The minimum absolute atomic E-state index is 0.0227. The molecule has 0 saturated carbocycles. The molecule has 8 aromatic rings. The fourth-order valence-electron chi connectivity index (χ4n) is 13.0. The van der Waals surface area contributed by atoms with Crippen LogP contribution >= 0.6 is 22.9 Å². The van der Waals surface area contributed by atoms with Crippen LogP contribution in [0.1, 0.15) is 61.1 Å². The van der Waals surface area contributed by atoms with Gasteiger partial charge in [-0.3, -0.25) is 19.3 Å². The number of carbonyl (C=O) groups excluding carboxylic acids is 5. The van der Waals surface area contributed by atoms with Crippen molar-refractivity contribution in [2.24, 2.45) is 17.4 Å². The first kappa shape index (κ1) is 85.2. The monoisotopic (exact) mass is 1610 g/mol. The maximum absolute atomic E-state index is 14.6. The second-order valence-corrected chi connectivity index (χ2v) is 29.5. The van der Waals surface area contributed by atoms with Gasteiger partial charge in [0.2, 0.25) is 36.0 Å². The molecule has 3 aromatic heterocycles. The molecule has 0 aliphatic carbocycles. The number of benzene rings is 5. The molecule has 114 heavy (non-hydrogen) atoms. The molecule has 6 amide bonds. The first-order chi connectivity index (χ1) is 54.4. The molecule has 0 bridgehead atoms. The van der Waals surface area contributed by atoms with Crippen LogP contribution in [0.15, 0.2) is 122 Å². The number of nitrogens with zero attached hydrogens (tertiary/aromatic N) is 7. The van der Waals surface area contributed by atoms with Crippen molar-refractivity contribution in [1.82, 2.24) is 45.7 Å². The van der Waals surface area contributed by atoms with Crippen LogP contribution in [0.25, 0.3) is 43.2 Å². The Balaban J connectivity index is 0.829. The van der Waals surface area contributed by atoms with Gasteiger partial charge in [-0.25, -0.2) is 48.3 Å². The zero-order chi connectivity index (χ0) is 82.2. The smallest absolute Gasteiger partial charge is 0.410 e. The summed E-state index contributed by atoms with van der Waals surface area (Å²) in [7, 11) is 5.00. The molecule has 0 spiro atoms. The second-order valence-electron chi connectivity index (χ2n) is 28.1. The zero-order valence-corrected chi connectivity index (χ0v) is 64.6. The lowest BCUT2D eigenvalue weighted by Crippen LogP contribution is -2.61. The SMILES string of the molecule is COc1ccccc1-c1nccc(COc2ccccc2C[C@@H](Oc2ncnc3sc(-c4ccc(F)cc4)c(-c4ccc(OCCN5CC[N+](C)(Cc6ccc(NC(=O)C(CCCNC(N)=O)NC(=O)C(N)C(C)C)cc6CN(C)C(=O)C[C@H](NC(=O)OC6O[C@H](C(=O)O)[C@@H](O)[C@H](O)[C@H]6O)C(=O)O)CC5)c(Cl)c4C)c23)C(=O)O)n1. The molecule has 3 unspecified atom stereocenters. The lowest BCUT2D eigenvalue weighted by molar-refractivity contribution is -0.926. The Kier molecular flexibility index (Phi) is 28.8. The van der Waals surface area contributed by atoms with Crippen molar-refractivity contribution in [1.29, 1.82) is 0 Å². The molecule has 0 radical (unpaired) electrons. The van der Waals surface area contributed by atoms with E-state index in [4.69, 9.17) is 56.5 Å². The third-order valence-corrected chi connectivity index (χ3v) is 21.2. The van der Waals surface area contributed by atoms with E-state index in [9.17, 15) is 73.4 Å². The van der Waals surface area contributed by atoms with E-state index >= 15 is 0 Å². The van der Waals surface area contributed by atoms with Gasteiger partial charge in [0.1, 0.15) is 84.4 Å². The maximum atomic E-state index is 14.6. The number of nitrogens with two attached hydrogens (primary N) is 2. The number of aliphatic hydroxyl groups excluding tert-OH is 3. The number of carboxylic acids is 3. The van der Waals surface area contributed by atoms with E-state index in [2.05, 4.69) is 42.8 Å². The number of aromatic nitrogens is 4. The molecule has 2 aliphatic heterocycles. The van der Waals surface area contributed by atoms with Gasteiger partial charge in [0.05, 0.1) is 61.4 Å². The summed E-state index contributed by atoms with van der Waals surface area (Å²) in [6.45, 7) is 8.72. The summed E-state index contributed by atoms with van der Waals surface area (Å²) in [6, 6.07) is 25.8. The largest absolute Gasteiger partial charge is 0.496 e. The number of aliphatic hydroxyl groups is 3. The molecular weight excluding hydrogens is 1530 g/mol. The van der Waals surface area contributed by atoms with E-state index in [1.807, 2.05) is 42.6 Å². The van der Waals surface area contributed by atoms with Gasteiger partial charge in [0, 0.05) is 74.1 Å². The zero-order valence-electron chi connectivity index (χ0n) is 63.1. The number of para-hydroxylation sites is 2. The third-order valence-electron chi connectivity index (χ3n) is 19.6. The molecule has 5 heterocycles. The number of rotatable bonds is 35. The van der Waals surface area contributed by atoms with Crippen LogP contribution in [0.2, 0.25) is 5.02 Å². The normalized spacial score (nSPS) is 17.8. The van der Waals surface area contributed by atoms with Crippen molar-refractivity contribution in [2.45, 2.75) is 121 Å². The summed E-state index contributed by atoms with van der Waals surface area (Å²) in [4.78, 5) is 126. The molecule has 9 atom stereocenters. The molecule has 2 fully saturated rings. The summed E-state index contributed by atoms with van der Waals surface area (Å²) < 4.78 is 49.7. The standard InChI is InChI=1S/C78H89ClFN13O20S/c1-41(2)62(81)70(99)89-52(14-11-26-84-77(82)106)69(98)88-48-22-19-45(46(34-48)37-91(4)58(94)36-53(73(100)101)90-78(107)113-76-65(97)63(95)64(96)66(112-76)75(104)105)38-93(5)31-28-92(29-32-93)30-33-109-56-24-23-50(42(3)61(56)79)59-60-71(85-40-86-72(60)114-67(59)43-17-20-47(80)21-18-43)111-57(74(102)103)35-44-12-7-9-15-54(44)110-39-49-25-27-83-68(87-49)51-13-8-10-16-55(51)108-6/h7-10,12-13,15-25,27,34,40-41,52-53,57,62-66,76,95-97H,11,14,26,28-33,35-39,81H2,1-6H3,(H8-,82,84,88,89,90,98,99,100,101,102,103,104,105,106,107)/p+1/t52?,53-,57+,62?,63-,64-,65+,66-,76?/m0/s1. The number of nitrogens with one attached hydrogen (secondary N) is 4. The summed E-state index contributed by atoms with van der Waals surface area (Å²) in [6.07, 6.45) is -11.7. The molecule has 2 saturated heterocycles. The number of fused-ring (bicyclic) bond motifs is 1. The number of methoxy groups -OCH3 is 1. The molecule has 33 nitrogen and oxygen atoms in total. The van der Waals surface area contributed by atoms with Gasteiger partial charge in [-0.2, -0.15) is 0 Å². The van der Waals surface area contributed by atoms with Crippen LogP contribution in [-0.4, -0.2) is 235 Å². The van der Waals surface area contributed by atoms with Crippen LogP contribution in [0.4, 0.5) is 19.7 Å². The highest BCUT2D eigenvalue weighted by molar-refractivity contribution is 7.22. The fraction of sp³-hybridized carbons (Fsp3) is 0.385. The van der Waals surface area contributed by atoms with Crippen molar-refractivity contribution in [2.75, 3.05) is 72.4 Å². The number of thiophene rings is 1. The first-order valence-electron chi connectivity index (χ1n) is 36.3. The van der Waals surface area contributed by atoms with E-state index in [1.54, 1.807) is 93.9 Å². The number of hydrogen-bond acceptors (Lipinski definition) is 24. The number of quaternary nitrogens is 1. The van der Waals surface area contributed by atoms with Gasteiger partial charge < -0.3 is 101 Å². The van der Waals surface area contributed by atoms with Crippen LogP contribution < -0.4 is 51.7 Å². The Morgan fingerprint density at radius 3 is 2.22 bits per heavy atom. The Morgan fingerprint density at radius 1 is 0.807 bits per heavy atom. The summed E-state index contributed by atoms with van der Waals surface area (Å²) >= 11 is 8.56. The number of alkyl carbamates (subject to hydrolysis) is 1. The Morgan fingerprint density at radius 2 is 1.53 bits per heavy atom. The number of piperazine rings is 1. The Hall–Kier alpha value is -11.3. The number of halogens is 2. The van der Waals surface area contributed by atoms with E-state index in [-0.39, 0.29) is 68.1 Å². The van der Waals surface area contributed by atoms with Crippen molar-refractivity contribution < 1.29 is 106 Å². The Bertz CT molecular complexity index is 4810. The highest BCUT2D eigenvalue weighted by atomic mass is 35.5. The van der Waals surface area contributed by atoms with Crippen LogP contribution in [0.5, 0.6) is 23.1 Å². The molecule has 2 aliphatic rings. The van der Waals surface area contributed by atoms with Gasteiger partial charge in [0.25, 0.3) is 0 Å². The number of anilines is 1. The summed E-state index contributed by atoms with van der Waals surface area (Å²) in [5.41, 5.74) is 17.1. The lowest BCUT2D eigenvalue weighted by Gasteiger charge is -2.42. The van der Waals surface area contributed by atoms with Gasteiger partial charge in [-0.15, -0.1) is 11.3 Å². The molecule has 36 heteroatoms. The Labute approximate surface area is 662 Å². The molecule has 10 rings (SSSR count). The quantitative estimate of drug-likeness (QED) is 0.0163. The number of ether oxygens (including phenoxy) is 6. The van der Waals surface area contributed by atoms with Crippen LogP contribution in [0.3, 0.4) is 0 Å². The number of aliphatic carboxylic acids is 3. The maximum Gasteiger partial charge on any atom is 0.410 e. The number of carboxylic acid groups (broad SMARTS) is 3. The molecule has 5 aromatic carbocycles. The minimum atomic E-state index is -2.18. The molecular formula is C78H90ClFN13O20S+. The summed E-state index contributed by atoms with van der Waals surface area (Å²) in [5.74, 6) is -5.75. The predicted molar refractivity (Wildman–Crippen MR) is 413 cm³/mol. The number of urea groups is 1. The number of amides is 6. The highest BCUT2D eigenvalue weighted by Gasteiger charge is 2.49. The van der Waals surface area contributed by atoms with E-state index in [1.165, 1.54) is 41.7 Å². The number of hydrogen-bond donors (Lipinski definition) is 12. The third kappa shape index (κ3) is 21.5. The van der Waals surface area contributed by atoms with Gasteiger partial charge in [0.15, 0.2) is 11.9 Å². The average Bonchev–Trinajstić information content (AvgIpc) is 1.59. The van der Waals surface area contributed by atoms with Crippen LogP contribution in [-0.2, 0) is 64.4 Å². The average molecular weight is 1620 g/mol. The first-order valence-corrected chi connectivity index (χ1v) is 37.5. The van der Waals surface area contributed by atoms with E-state index < -0.39 is 115 Å². The van der Waals surface area contributed by atoms with Gasteiger partial charge in [-0.05, 0) is 108 Å². The highest BCUT2D eigenvalue weighted by Crippen LogP contribution is 2.50. The van der Waals surface area contributed by atoms with E-state index in [0.29, 0.717) is 127 Å². The van der Waals surface area contributed by atoms with E-state index in [0.717, 1.165) is 5.56 Å². The molecule has 606 valence electrons. The lowest BCUT2D eigenvalue weighted by atomic mass is 9.96. The minimum Gasteiger partial charge on any atom is -0.496 e. The van der Waals surface area contributed by atoms with Crippen molar-refractivity contribution in [3.05, 3.63) is 161 Å². The fourth-order valence-corrected chi connectivity index (χ4v) is 14.4. The summed E-state index contributed by atoms with van der Waals surface area (Å²) in [5, 5.41) is 71.8. The van der Waals surface area contributed by atoms with Gasteiger partial charge >= 0.3 is 30.0 Å². The predicted octanol–water partition coefficient (Wildman–Crippen LogP) is 5.86. The topological polar surface area (TPSA) is 472 Å². The van der Waals surface area contributed by atoms with Crippen molar-refractivity contribution in [3.8, 4) is 56.1 Å². The van der Waals surface area contributed by atoms with Crippen LogP contribution in [0, 0.1) is 18.7 Å². The van der Waals surface area contributed by atoms with Crippen molar-refractivity contribution in [3.63, 3.8) is 0 Å². The second kappa shape index (κ2) is 38.5. The number of primary amides is 1. The number of likely N-dealkylation sites (N-methyl/N-ethyl adjacent to an activating group) is 1. The molecule has 14 N–H and O–H groups in total. The van der Waals surface area contributed by atoms with Gasteiger partial charge in [-0.1, -0.05) is 80.0 Å². The van der Waals surface area contributed by atoms with Crippen molar-refractivity contribution >= 4 is 86.6 Å².